The summed E-state index contributed by atoms with van der Waals surface area (Å²) in [4.78, 5) is 22.4. The Morgan fingerprint density at radius 1 is 1.06 bits per heavy atom. The highest BCUT2D eigenvalue weighted by Gasteiger charge is 2.34. The minimum atomic E-state index is -0.108. The number of nitrogens with one attached hydrogen (secondary N) is 2. The lowest BCUT2D eigenvalue weighted by Crippen LogP contribution is -2.30. The Morgan fingerprint density at radius 2 is 1.86 bits per heavy atom. The minimum Gasteiger partial charge on any atom is -0.343 e. The summed E-state index contributed by atoms with van der Waals surface area (Å²) in [6, 6.07) is 13.9. The second kappa shape index (κ2) is 9.33. The number of aromatic nitrogens is 4. The van der Waals surface area contributed by atoms with Gasteiger partial charge in [-0.1, -0.05) is 0 Å². The van der Waals surface area contributed by atoms with Crippen molar-refractivity contribution in [1.82, 2.24) is 24.4 Å². The lowest BCUT2D eigenvalue weighted by Gasteiger charge is -2.19. The number of imidazole rings is 1. The fraction of sp³-hybridized carbons (Fsp3) is 0.286. The van der Waals surface area contributed by atoms with Gasteiger partial charge in [-0.2, -0.15) is 0 Å². The summed E-state index contributed by atoms with van der Waals surface area (Å²) in [6.45, 7) is 4.51. The van der Waals surface area contributed by atoms with Gasteiger partial charge in [0.25, 0.3) is 5.91 Å². The SMILES string of the molecule is Cc1ccnc(C(NC(=O)c2cc(Cn3ccn(C)c3=N)cc(-c3ccnc(C)c3)c2)C2CC2)c1. The zero-order chi connectivity index (χ0) is 24.5. The van der Waals surface area contributed by atoms with Crippen molar-refractivity contribution in [1.29, 1.82) is 5.41 Å². The molecule has 7 nitrogen and oxygen atoms in total. The quantitative estimate of drug-likeness (QED) is 0.425. The van der Waals surface area contributed by atoms with Crippen molar-refractivity contribution in [2.24, 2.45) is 13.0 Å². The molecule has 4 aromatic rings. The number of nitrogens with zero attached hydrogens (tertiary/aromatic N) is 4. The molecule has 1 unspecified atom stereocenters. The highest BCUT2D eigenvalue weighted by Crippen LogP contribution is 2.40. The molecule has 1 saturated carbocycles. The smallest absolute Gasteiger partial charge is 0.251 e. The molecule has 2 N–H and O–H groups in total. The van der Waals surface area contributed by atoms with E-state index in [4.69, 9.17) is 5.41 Å². The molecule has 7 heteroatoms. The molecule has 0 saturated heterocycles. The number of hydrogen-bond donors (Lipinski definition) is 2. The molecule has 5 rings (SSSR count). The zero-order valence-corrected chi connectivity index (χ0v) is 20.3. The van der Waals surface area contributed by atoms with Crippen LogP contribution in [-0.2, 0) is 13.6 Å². The van der Waals surface area contributed by atoms with Crippen molar-refractivity contribution in [3.8, 4) is 11.1 Å². The predicted octanol–water partition coefficient (Wildman–Crippen LogP) is 4.31. The third-order valence-electron chi connectivity index (χ3n) is 6.55. The molecule has 0 spiro atoms. The topological polar surface area (TPSA) is 88.6 Å². The number of pyridine rings is 2. The molecule has 0 radical (unpaired) electrons. The van der Waals surface area contributed by atoms with Gasteiger partial charge in [-0.25, -0.2) is 0 Å². The zero-order valence-electron chi connectivity index (χ0n) is 20.3. The molecule has 0 bridgehead atoms. The molecule has 1 atom stereocenters. The summed E-state index contributed by atoms with van der Waals surface area (Å²) in [5, 5.41) is 11.6. The van der Waals surface area contributed by atoms with E-state index in [1.807, 2.05) is 74.4 Å². The monoisotopic (exact) mass is 466 g/mol. The highest BCUT2D eigenvalue weighted by atomic mass is 16.1. The van der Waals surface area contributed by atoms with Crippen molar-refractivity contribution in [3.05, 3.63) is 101 Å². The summed E-state index contributed by atoms with van der Waals surface area (Å²) < 4.78 is 3.63. The van der Waals surface area contributed by atoms with E-state index in [0.29, 0.717) is 23.6 Å². The van der Waals surface area contributed by atoms with Gasteiger partial charge in [0, 0.05) is 43.1 Å². The van der Waals surface area contributed by atoms with E-state index in [9.17, 15) is 4.79 Å². The van der Waals surface area contributed by atoms with Crippen LogP contribution in [0.1, 0.15) is 51.8 Å². The van der Waals surface area contributed by atoms with Crippen molar-refractivity contribution in [2.75, 3.05) is 0 Å². The molecule has 1 fully saturated rings. The molecule has 0 aliphatic heterocycles. The summed E-state index contributed by atoms with van der Waals surface area (Å²) in [5.41, 5.74) is 6.91. The molecule has 1 aromatic carbocycles. The van der Waals surface area contributed by atoms with E-state index >= 15 is 0 Å². The van der Waals surface area contributed by atoms with Crippen molar-refractivity contribution >= 4 is 5.91 Å². The van der Waals surface area contributed by atoms with Crippen LogP contribution in [0.5, 0.6) is 0 Å². The lowest BCUT2D eigenvalue weighted by atomic mass is 9.98. The van der Waals surface area contributed by atoms with Crippen molar-refractivity contribution in [3.63, 3.8) is 0 Å². The van der Waals surface area contributed by atoms with Gasteiger partial charge < -0.3 is 14.5 Å². The first-order valence-corrected chi connectivity index (χ1v) is 11.9. The summed E-state index contributed by atoms with van der Waals surface area (Å²) in [5.74, 6) is 0.313. The molecule has 178 valence electrons. The van der Waals surface area contributed by atoms with Crippen LogP contribution in [0.2, 0.25) is 0 Å². The van der Waals surface area contributed by atoms with Gasteiger partial charge in [-0.05, 0) is 97.3 Å². The van der Waals surface area contributed by atoms with E-state index < -0.39 is 0 Å². The van der Waals surface area contributed by atoms with Crippen LogP contribution in [0.25, 0.3) is 11.1 Å². The maximum absolute atomic E-state index is 13.6. The van der Waals surface area contributed by atoms with Gasteiger partial charge in [-0.15, -0.1) is 0 Å². The van der Waals surface area contributed by atoms with Crippen LogP contribution >= 0.6 is 0 Å². The van der Waals surface area contributed by atoms with Gasteiger partial charge in [0.05, 0.1) is 18.3 Å². The number of carbonyl (C=O) groups is 1. The summed E-state index contributed by atoms with van der Waals surface area (Å²) in [7, 11) is 1.85. The van der Waals surface area contributed by atoms with Gasteiger partial charge in [0.15, 0.2) is 0 Å². The minimum absolute atomic E-state index is 0.0963. The maximum Gasteiger partial charge on any atom is 0.251 e. The standard InChI is InChI=1S/C28H30N6O/c1-18-6-8-31-25(12-18)26(21-4-5-21)32-27(35)24-15-20(17-34-11-10-33(3)28(34)29)14-23(16-24)22-7-9-30-19(2)13-22/h6-16,21,26,29H,4-5,17H2,1-3H3,(H,32,35). The fourth-order valence-electron chi connectivity index (χ4n) is 4.47. The van der Waals surface area contributed by atoms with Crippen LogP contribution in [0.15, 0.2) is 67.3 Å². The molecule has 1 aliphatic carbocycles. The fourth-order valence-corrected chi connectivity index (χ4v) is 4.47. The van der Waals surface area contributed by atoms with Gasteiger partial charge in [0.1, 0.15) is 0 Å². The Kier molecular flexibility index (Phi) is 6.07. The first kappa shape index (κ1) is 22.8. The Bertz CT molecular complexity index is 1450. The van der Waals surface area contributed by atoms with Crippen molar-refractivity contribution < 1.29 is 4.79 Å². The van der Waals surface area contributed by atoms with Gasteiger partial charge in [0.2, 0.25) is 5.62 Å². The number of rotatable bonds is 7. The Hall–Kier alpha value is -4.00. The van der Waals surface area contributed by atoms with E-state index in [2.05, 4.69) is 27.4 Å². The van der Waals surface area contributed by atoms with E-state index in [1.165, 1.54) is 0 Å². The predicted molar refractivity (Wildman–Crippen MR) is 135 cm³/mol. The molecular formula is C28H30N6O. The first-order valence-electron chi connectivity index (χ1n) is 11.9. The summed E-state index contributed by atoms with van der Waals surface area (Å²) >= 11 is 0. The Morgan fingerprint density at radius 3 is 2.54 bits per heavy atom. The highest BCUT2D eigenvalue weighted by molar-refractivity contribution is 5.96. The van der Waals surface area contributed by atoms with Crippen LogP contribution < -0.4 is 10.9 Å². The first-order chi connectivity index (χ1) is 16.9. The molecule has 3 aromatic heterocycles. The molecule has 3 heterocycles. The summed E-state index contributed by atoms with van der Waals surface area (Å²) in [6.07, 6.45) is 9.54. The molecule has 35 heavy (non-hydrogen) atoms. The molecule has 1 aliphatic rings. The lowest BCUT2D eigenvalue weighted by molar-refractivity contribution is 0.0930. The van der Waals surface area contributed by atoms with E-state index in [1.54, 1.807) is 10.8 Å². The average molecular weight is 467 g/mol. The normalized spacial score (nSPS) is 14.0. The van der Waals surface area contributed by atoms with Gasteiger partial charge in [-0.3, -0.25) is 20.2 Å². The Labute approximate surface area is 205 Å². The van der Waals surface area contributed by atoms with Crippen molar-refractivity contribution in [2.45, 2.75) is 39.3 Å². The van der Waals surface area contributed by atoms with Crippen LogP contribution in [0.3, 0.4) is 0 Å². The molecular weight excluding hydrogens is 436 g/mol. The van der Waals surface area contributed by atoms with Gasteiger partial charge >= 0.3 is 0 Å². The average Bonchev–Trinajstić information content (AvgIpc) is 3.64. The second-order valence-electron chi connectivity index (χ2n) is 9.51. The largest absolute Gasteiger partial charge is 0.343 e. The van der Waals surface area contributed by atoms with Crippen LogP contribution in [0, 0.1) is 25.2 Å². The van der Waals surface area contributed by atoms with E-state index in [-0.39, 0.29) is 11.9 Å². The number of amides is 1. The maximum atomic E-state index is 13.6. The number of benzene rings is 1. The Balaban J connectivity index is 1.51. The third kappa shape index (κ3) is 5.09. The van der Waals surface area contributed by atoms with Crippen LogP contribution in [0.4, 0.5) is 0 Å². The van der Waals surface area contributed by atoms with E-state index in [0.717, 1.165) is 46.5 Å². The third-order valence-corrected chi connectivity index (χ3v) is 6.55. The number of carbonyl (C=O) groups excluding carboxylic acids is 1. The second-order valence-corrected chi connectivity index (χ2v) is 9.51. The number of hydrogen-bond acceptors (Lipinski definition) is 4. The molecule has 1 amide bonds. The number of aryl methyl sites for hydroxylation is 3. The van der Waals surface area contributed by atoms with Crippen LogP contribution in [-0.4, -0.2) is 25.0 Å².